The topological polar surface area (TPSA) is 17.1 Å². The lowest BCUT2D eigenvalue weighted by molar-refractivity contribution is -0.108. The molecule has 0 aliphatic heterocycles. The maximum atomic E-state index is 10.4. The van der Waals surface area contributed by atoms with Crippen LogP contribution in [0.25, 0.3) is 0 Å². The lowest BCUT2D eigenvalue weighted by Gasteiger charge is -2.39. The van der Waals surface area contributed by atoms with Gasteiger partial charge in [-0.15, -0.1) is 0 Å². The number of carbonyl (C=O) groups is 1. The minimum Gasteiger partial charge on any atom is -0.303 e. The van der Waals surface area contributed by atoms with Crippen molar-refractivity contribution in [1.29, 1.82) is 0 Å². The molecule has 88 valence electrons. The van der Waals surface area contributed by atoms with Crippen LogP contribution < -0.4 is 0 Å². The third-order valence-electron chi connectivity index (χ3n) is 3.71. The zero-order valence-electron chi connectivity index (χ0n) is 10.8. The summed E-state index contributed by atoms with van der Waals surface area (Å²) < 4.78 is 0. The minimum atomic E-state index is 0.517. The summed E-state index contributed by atoms with van der Waals surface area (Å²) in [6, 6.07) is 0. The molecule has 1 nitrogen and oxygen atoms in total. The maximum absolute atomic E-state index is 10.4. The van der Waals surface area contributed by atoms with Crippen LogP contribution in [0.15, 0.2) is 0 Å². The van der Waals surface area contributed by atoms with Crippen LogP contribution in [0.5, 0.6) is 0 Å². The second kappa shape index (κ2) is 5.14. The highest BCUT2D eigenvalue weighted by Gasteiger charge is 2.32. The fraction of sp³-hybridized carbons (Fsp3) is 0.929. The molecule has 0 amide bonds. The van der Waals surface area contributed by atoms with Crippen LogP contribution >= 0.6 is 0 Å². The number of hydrogen-bond acceptors (Lipinski definition) is 1. The Balaban J connectivity index is 2.44. The van der Waals surface area contributed by atoms with E-state index in [1.807, 2.05) is 0 Å². The van der Waals surface area contributed by atoms with Gasteiger partial charge in [0.1, 0.15) is 6.29 Å². The van der Waals surface area contributed by atoms with Crippen LogP contribution in [0.4, 0.5) is 0 Å². The minimum absolute atomic E-state index is 0.517. The molecule has 0 N–H and O–H groups in total. The van der Waals surface area contributed by atoms with Crippen molar-refractivity contribution in [1.82, 2.24) is 0 Å². The molecule has 0 aromatic rings. The van der Waals surface area contributed by atoms with E-state index < -0.39 is 0 Å². The molecule has 1 rings (SSSR count). The predicted octanol–water partition coefficient (Wildman–Crippen LogP) is 4.06. The SMILES string of the molecule is CC(CC=O)CC1CC(C)CC(C)(C)C1. The monoisotopic (exact) mass is 210 g/mol. The number of carbonyl (C=O) groups excluding carboxylic acids is 1. The highest BCUT2D eigenvalue weighted by molar-refractivity contribution is 5.49. The van der Waals surface area contributed by atoms with Gasteiger partial charge in [-0.3, -0.25) is 0 Å². The van der Waals surface area contributed by atoms with Crippen molar-refractivity contribution in [3.8, 4) is 0 Å². The largest absolute Gasteiger partial charge is 0.303 e. The van der Waals surface area contributed by atoms with E-state index in [4.69, 9.17) is 0 Å². The molecular formula is C14H26O. The fourth-order valence-corrected chi connectivity index (χ4v) is 3.55. The Labute approximate surface area is 94.6 Å². The molecule has 3 unspecified atom stereocenters. The molecule has 1 aliphatic rings. The van der Waals surface area contributed by atoms with Gasteiger partial charge >= 0.3 is 0 Å². The first-order valence-corrected chi connectivity index (χ1v) is 6.36. The second-order valence-electron chi connectivity index (χ2n) is 6.52. The van der Waals surface area contributed by atoms with E-state index in [0.717, 1.165) is 24.5 Å². The molecule has 1 heteroatoms. The van der Waals surface area contributed by atoms with Gasteiger partial charge in [-0.05, 0) is 48.9 Å². The molecule has 1 saturated carbocycles. The van der Waals surface area contributed by atoms with Crippen molar-refractivity contribution >= 4 is 6.29 Å². The first kappa shape index (κ1) is 12.7. The van der Waals surface area contributed by atoms with Gasteiger partial charge in [0.2, 0.25) is 0 Å². The van der Waals surface area contributed by atoms with E-state index in [0.29, 0.717) is 11.3 Å². The van der Waals surface area contributed by atoms with Gasteiger partial charge in [-0.25, -0.2) is 0 Å². The van der Waals surface area contributed by atoms with E-state index in [1.54, 1.807) is 0 Å². The van der Waals surface area contributed by atoms with Crippen molar-refractivity contribution in [2.45, 2.75) is 59.8 Å². The molecule has 0 aromatic carbocycles. The summed E-state index contributed by atoms with van der Waals surface area (Å²) in [4.78, 5) is 10.4. The van der Waals surface area contributed by atoms with E-state index >= 15 is 0 Å². The van der Waals surface area contributed by atoms with Crippen LogP contribution in [0, 0.1) is 23.2 Å². The molecule has 0 bridgehead atoms. The van der Waals surface area contributed by atoms with E-state index in [-0.39, 0.29) is 0 Å². The first-order chi connectivity index (χ1) is 6.93. The lowest BCUT2D eigenvalue weighted by atomic mass is 9.66. The predicted molar refractivity (Wildman–Crippen MR) is 64.7 cm³/mol. The summed E-state index contributed by atoms with van der Waals surface area (Å²) in [5, 5.41) is 0. The number of hydrogen-bond donors (Lipinski definition) is 0. The van der Waals surface area contributed by atoms with Crippen molar-refractivity contribution in [2.75, 3.05) is 0 Å². The molecule has 1 fully saturated rings. The normalized spacial score (nSPS) is 32.3. The van der Waals surface area contributed by atoms with Crippen molar-refractivity contribution < 1.29 is 4.79 Å². The Bertz CT molecular complexity index is 207. The van der Waals surface area contributed by atoms with Gasteiger partial charge in [0.25, 0.3) is 0 Å². The Morgan fingerprint density at radius 3 is 2.60 bits per heavy atom. The maximum Gasteiger partial charge on any atom is 0.120 e. The molecular weight excluding hydrogens is 184 g/mol. The smallest absolute Gasteiger partial charge is 0.120 e. The quantitative estimate of drug-likeness (QED) is 0.639. The zero-order chi connectivity index (χ0) is 11.5. The molecule has 0 saturated heterocycles. The summed E-state index contributed by atoms with van der Waals surface area (Å²) in [5.41, 5.74) is 0.517. The van der Waals surface area contributed by atoms with Gasteiger partial charge in [0.15, 0.2) is 0 Å². The van der Waals surface area contributed by atoms with Crippen molar-refractivity contribution in [2.24, 2.45) is 23.2 Å². The van der Waals surface area contributed by atoms with Crippen LogP contribution in [-0.4, -0.2) is 6.29 Å². The molecule has 15 heavy (non-hydrogen) atoms. The molecule has 1 aliphatic carbocycles. The van der Waals surface area contributed by atoms with Crippen molar-refractivity contribution in [3.05, 3.63) is 0 Å². The van der Waals surface area contributed by atoms with Gasteiger partial charge in [-0.1, -0.05) is 27.7 Å². The number of aldehydes is 1. The number of rotatable bonds is 4. The highest BCUT2D eigenvalue weighted by atomic mass is 16.1. The molecule has 0 aromatic heterocycles. The van der Waals surface area contributed by atoms with Crippen molar-refractivity contribution in [3.63, 3.8) is 0 Å². The third kappa shape index (κ3) is 4.36. The molecule has 0 spiro atoms. The third-order valence-corrected chi connectivity index (χ3v) is 3.71. The summed E-state index contributed by atoms with van der Waals surface area (Å²) in [7, 11) is 0. The van der Waals surface area contributed by atoms with Gasteiger partial charge in [0.05, 0.1) is 0 Å². The van der Waals surface area contributed by atoms with E-state index in [2.05, 4.69) is 27.7 Å². The van der Waals surface area contributed by atoms with E-state index in [1.165, 1.54) is 25.7 Å². The summed E-state index contributed by atoms with van der Waals surface area (Å²) in [6.45, 7) is 9.36. The summed E-state index contributed by atoms with van der Waals surface area (Å²) in [6.07, 6.45) is 7.14. The standard InChI is InChI=1S/C14H26O/c1-11(5-6-15)7-13-8-12(2)9-14(3,4)10-13/h6,11-13H,5,7-10H2,1-4H3. The zero-order valence-corrected chi connectivity index (χ0v) is 10.8. The first-order valence-electron chi connectivity index (χ1n) is 6.36. The van der Waals surface area contributed by atoms with Crippen LogP contribution in [-0.2, 0) is 4.79 Å². The highest BCUT2D eigenvalue weighted by Crippen LogP contribution is 2.43. The second-order valence-corrected chi connectivity index (χ2v) is 6.52. The summed E-state index contributed by atoms with van der Waals surface area (Å²) in [5.74, 6) is 2.29. The Hall–Kier alpha value is -0.330. The van der Waals surface area contributed by atoms with Gasteiger partial charge < -0.3 is 4.79 Å². The van der Waals surface area contributed by atoms with Crippen LogP contribution in [0.2, 0.25) is 0 Å². The van der Waals surface area contributed by atoms with E-state index in [9.17, 15) is 4.79 Å². The Kier molecular flexibility index (Phi) is 4.36. The average molecular weight is 210 g/mol. The van der Waals surface area contributed by atoms with Crippen LogP contribution in [0.1, 0.15) is 59.8 Å². The van der Waals surface area contributed by atoms with Crippen LogP contribution in [0.3, 0.4) is 0 Å². The lowest BCUT2D eigenvalue weighted by Crippen LogP contribution is -2.28. The average Bonchev–Trinajstić information content (AvgIpc) is 1.99. The molecule has 0 radical (unpaired) electrons. The Morgan fingerprint density at radius 2 is 2.07 bits per heavy atom. The molecule has 3 atom stereocenters. The fourth-order valence-electron chi connectivity index (χ4n) is 3.55. The summed E-state index contributed by atoms with van der Waals surface area (Å²) >= 11 is 0. The molecule has 0 heterocycles. The van der Waals surface area contributed by atoms with Gasteiger partial charge in [0, 0.05) is 6.42 Å². The van der Waals surface area contributed by atoms with Gasteiger partial charge in [-0.2, -0.15) is 0 Å². The Morgan fingerprint density at radius 1 is 1.40 bits per heavy atom.